The number of rotatable bonds is 0. The summed E-state index contributed by atoms with van der Waals surface area (Å²) in [6.45, 7) is 0. The van der Waals surface area contributed by atoms with Crippen molar-refractivity contribution in [2.45, 2.75) is 0 Å². The molecule has 0 aliphatic carbocycles. The molecule has 0 aromatic rings. The topological polar surface area (TPSA) is 66.2 Å². The standard InChI is InChI=1S/HI.NO3.V/c;2-1(3)4;/h1H;;/q;-1;+2/p-1. The van der Waals surface area contributed by atoms with Crippen LogP contribution in [-0.2, 0) is 18.6 Å². The summed E-state index contributed by atoms with van der Waals surface area (Å²) in [5, 5.41) is 14.8. The van der Waals surface area contributed by atoms with E-state index in [4.69, 9.17) is 15.3 Å². The molecule has 0 bridgehead atoms. The Morgan fingerprint density at radius 3 is 1.33 bits per heavy atom. The maximum atomic E-state index is 8.25. The van der Waals surface area contributed by atoms with E-state index in [1.54, 1.807) is 0 Å². The fourth-order valence-corrected chi connectivity index (χ4v) is 0. The van der Waals surface area contributed by atoms with Crippen LogP contribution in [0.5, 0.6) is 0 Å². The van der Waals surface area contributed by atoms with Crippen LogP contribution in [-0.4, -0.2) is 5.09 Å². The molecule has 0 aliphatic rings. The third kappa shape index (κ3) is 211. The molecule has 0 fully saturated rings. The van der Waals surface area contributed by atoms with E-state index in [1.165, 1.54) is 0 Å². The molecule has 0 heterocycles. The van der Waals surface area contributed by atoms with Gasteiger partial charge in [-0.25, -0.2) is 0 Å². The summed E-state index contributed by atoms with van der Waals surface area (Å²) in [7, 11) is 0. The van der Waals surface area contributed by atoms with Crippen LogP contribution in [0.15, 0.2) is 0 Å². The average Bonchev–Trinajstić information content (AvgIpc) is 0.811. The Hall–Kier alpha value is 0.514. The second-order valence-corrected chi connectivity index (χ2v) is 0.224. The Morgan fingerprint density at radius 1 is 1.33 bits per heavy atom. The van der Waals surface area contributed by atoms with Gasteiger partial charge in [0.1, 0.15) is 0 Å². The van der Waals surface area contributed by atoms with Gasteiger partial charge in [0, 0.05) is 0 Å². The van der Waals surface area contributed by atoms with Gasteiger partial charge in [0.15, 0.2) is 0 Å². The molecule has 0 amide bonds. The molecule has 0 aromatic carbocycles. The number of hydrogen-bond acceptors (Lipinski definition) is 3. The summed E-state index contributed by atoms with van der Waals surface area (Å²) >= 11 is 0. The quantitative estimate of drug-likeness (QED) is 0.254. The summed E-state index contributed by atoms with van der Waals surface area (Å²) in [5.74, 6) is 0. The zero-order chi connectivity index (χ0) is 3.58. The Balaban J connectivity index is -0.0000000450. The van der Waals surface area contributed by atoms with E-state index in [-0.39, 0.29) is 42.5 Å². The van der Waals surface area contributed by atoms with Gasteiger partial charge in [-0.1, -0.05) is 0 Å². The largest absolute Gasteiger partial charge is 2.00 e. The van der Waals surface area contributed by atoms with Crippen molar-refractivity contribution in [3.63, 3.8) is 0 Å². The van der Waals surface area contributed by atoms with Gasteiger partial charge in [-0.2, -0.15) is 0 Å². The molecule has 0 atom stereocenters. The van der Waals surface area contributed by atoms with E-state index < -0.39 is 5.09 Å². The van der Waals surface area contributed by atoms with E-state index >= 15 is 0 Å². The Kier molecular flexibility index (Phi) is 24.3. The molecule has 6 heteroatoms. The second-order valence-electron chi connectivity index (χ2n) is 0.224. The van der Waals surface area contributed by atoms with Crippen molar-refractivity contribution in [1.29, 1.82) is 0 Å². The van der Waals surface area contributed by atoms with Crippen LogP contribution in [0, 0.1) is 15.3 Å². The Morgan fingerprint density at radius 2 is 1.33 bits per heavy atom. The van der Waals surface area contributed by atoms with E-state index in [1.807, 2.05) is 0 Å². The zero-order valence-corrected chi connectivity index (χ0v) is 6.05. The first-order valence-electron chi connectivity index (χ1n) is 0.548. The number of hydrogen-bond donors (Lipinski definition) is 0. The van der Waals surface area contributed by atoms with Crippen molar-refractivity contribution >= 4 is 0 Å². The summed E-state index contributed by atoms with van der Waals surface area (Å²) in [6.07, 6.45) is 0. The van der Waals surface area contributed by atoms with Gasteiger partial charge < -0.3 is 39.3 Å². The zero-order valence-electron chi connectivity index (χ0n) is 2.50. The van der Waals surface area contributed by atoms with Crippen LogP contribution in [0.2, 0.25) is 0 Å². The van der Waals surface area contributed by atoms with Crippen LogP contribution >= 0.6 is 0 Å². The number of nitrogens with zero attached hydrogens (tertiary/aromatic N) is 1. The van der Waals surface area contributed by atoms with Gasteiger partial charge in [-0.05, 0) is 0 Å². The van der Waals surface area contributed by atoms with Gasteiger partial charge in [0.05, 0.1) is 5.09 Å². The number of halogens is 1. The van der Waals surface area contributed by atoms with Crippen molar-refractivity contribution in [1.82, 2.24) is 0 Å². The van der Waals surface area contributed by atoms with Crippen molar-refractivity contribution < 1.29 is 47.6 Å². The van der Waals surface area contributed by atoms with E-state index in [0.29, 0.717) is 0 Å². The van der Waals surface area contributed by atoms with E-state index in [2.05, 4.69) is 0 Å². The van der Waals surface area contributed by atoms with E-state index in [9.17, 15) is 0 Å². The fraction of sp³-hybridized carbons (Fsp3) is 0. The Bertz CT molecular complexity index is 33.8. The Labute approximate surface area is 62.9 Å². The molecule has 4 nitrogen and oxygen atoms in total. The molecule has 0 spiro atoms. The van der Waals surface area contributed by atoms with Gasteiger partial charge >= 0.3 is 18.6 Å². The molecule has 0 rings (SSSR count). The first-order valence-corrected chi connectivity index (χ1v) is 0.548. The monoisotopic (exact) mass is 240 g/mol. The van der Waals surface area contributed by atoms with Gasteiger partial charge in [0.25, 0.3) is 0 Å². The normalized spacial score (nSPS) is 4.00. The molecular formula is INO3V. The summed E-state index contributed by atoms with van der Waals surface area (Å²) < 4.78 is 0. The molecule has 0 unspecified atom stereocenters. The average molecular weight is 240 g/mol. The maximum absolute atomic E-state index is 8.25. The first kappa shape index (κ1) is 16.0. The minimum atomic E-state index is -1.75. The van der Waals surface area contributed by atoms with Crippen LogP contribution in [0.25, 0.3) is 0 Å². The summed E-state index contributed by atoms with van der Waals surface area (Å²) in [6, 6.07) is 0. The summed E-state index contributed by atoms with van der Waals surface area (Å²) in [4.78, 5) is 8.25. The van der Waals surface area contributed by atoms with E-state index in [0.717, 1.165) is 0 Å². The van der Waals surface area contributed by atoms with Crippen molar-refractivity contribution in [3.8, 4) is 0 Å². The van der Waals surface area contributed by atoms with Gasteiger partial charge in [-0.3, -0.25) is 0 Å². The molecule has 0 aliphatic heterocycles. The molecule has 0 saturated heterocycles. The molecule has 1 radical (unpaired) electrons. The first-order chi connectivity index (χ1) is 1.73. The van der Waals surface area contributed by atoms with Gasteiger partial charge in [0.2, 0.25) is 0 Å². The van der Waals surface area contributed by atoms with Crippen molar-refractivity contribution in [2.75, 3.05) is 0 Å². The molecule has 35 valence electrons. The smallest absolute Gasteiger partial charge is 1.00 e. The molecule has 0 N–H and O–H groups in total. The van der Waals surface area contributed by atoms with Gasteiger partial charge in [-0.15, -0.1) is 0 Å². The minimum absolute atomic E-state index is 0. The fourth-order valence-electron chi connectivity index (χ4n) is 0. The summed E-state index contributed by atoms with van der Waals surface area (Å²) in [5.41, 5.74) is 0. The predicted molar refractivity (Wildman–Crippen MR) is 10.4 cm³/mol. The molecule has 0 saturated carbocycles. The molecular weight excluding hydrogens is 240 g/mol. The van der Waals surface area contributed by atoms with Crippen molar-refractivity contribution in [2.24, 2.45) is 0 Å². The maximum Gasteiger partial charge on any atom is 2.00 e. The molecule has 6 heavy (non-hydrogen) atoms. The third-order valence-corrected chi connectivity index (χ3v) is 0. The predicted octanol–water partition coefficient (Wildman–Crippen LogP) is -3.24. The van der Waals surface area contributed by atoms with Crippen LogP contribution in [0.4, 0.5) is 0 Å². The van der Waals surface area contributed by atoms with Crippen LogP contribution < -0.4 is 24.0 Å². The van der Waals surface area contributed by atoms with Crippen LogP contribution in [0.3, 0.4) is 0 Å². The van der Waals surface area contributed by atoms with Crippen LogP contribution in [0.1, 0.15) is 0 Å². The SMILES string of the molecule is O=[N+]([O-])[O-].[I-].[V+2]. The van der Waals surface area contributed by atoms with Crippen molar-refractivity contribution in [3.05, 3.63) is 15.3 Å². The minimum Gasteiger partial charge on any atom is -1.00 e. The molecule has 0 aromatic heterocycles. The third-order valence-electron chi connectivity index (χ3n) is 0. The second kappa shape index (κ2) is 9.10.